The summed E-state index contributed by atoms with van der Waals surface area (Å²) in [7, 11) is 0. The van der Waals surface area contributed by atoms with Gasteiger partial charge in [0.15, 0.2) is 0 Å². The Morgan fingerprint density at radius 3 is 1.95 bits per heavy atom. The second kappa shape index (κ2) is 8.36. The van der Waals surface area contributed by atoms with E-state index in [4.69, 9.17) is 0 Å². The van der Waals surface area contributed by atoms with Crippen molar-refractivity contribution in [3.63, 3.8) is 0 Å². The van der Waals surface area contributed by atoms with Crippen molar-refractivity contribution >= 4 is 12.4 Å². The number of aryl methyl sites for hydroxylation is 1. The van der Waals surface area contributed by atoms with Gasteiger partial charge >= 0.3 is 0 Å². The molecule has 0 aliphatic carbocycles. The lowest BCUT2D eigenvalue weighted by molar-refractivity contribution is 0.448. The summed E-state index contributed by atoms with van der Waals surface area (Å²) in [6, 6.07) is 18.2. The number of halogens is 1. The molecule has 0 aromatic heterocycles. The van der Waals surface area contributed by atoms with Gasteiger partial charge in [-0.05, 0) is 35.1 Å². The molecule has 3 rings (SSSR count). The zero-order valence-electron chi connectivity index (χ0n) is 13.3. The van der Waals surface area contributed by atoms with E-state index < -0.39 is 0 Å². The second-order valence-corrected chi connectivity index (χ2v) is 6.13. The minimum atomic E-state index is 0. The summed E-state index contributed by atoms with van der Waals surface area (Å²) in [5.41, 5.74) is 5.58. The smallest absolute Gasteiger partial charge is 0.00885 e. The van der Waals surface area contributed by atoms with Crippen molar-refractivity contribution in [2.24, 2.45) is 0 Å². The maximum atomic E-state index is 3.33. The molecule has 0 spiro atoms. The highest BCUT2D eigenvalue weighted by Crippen LogP contribution is 2.25. The fraction of sp³-hybridized carbons (Fsp3) is 0.400. The lowest BCUT2D eigenvalue weighted by Gasteiger charge is -2.27. The van der Waals surface area contributed by atoms with Crippen molar-refractivity contribution in [3.05, 3.63) is 59.7 Å². The molecule has 2 aromatic rings. The van der Waals surface area contributed by atoms with Gasteiger partial charge in [-0.1, -0.05) is 68.3 Å². The number of nitrogens with one attached hydrogen (secondary N) is 1. The second-order valence-electron chi connectivity index (χ2n) is 6.13. The Labute approximate surface area is 140 Å². The third-order valence-corrected chi connectivity index (χ3v) is 4.52. The molecule has 0 saturated carbocycles. The number of rotatable bonds is 6. The van der Waals surface area contributed by atoms with Gasteiger partial charge in [-0.15, -0.1) is 12.4 Å². The summed E-state index contributed by atoms with van der Waals surface area (Å²) in [6.07, 6.45) is 5.14. The maximum absolute atomic E-state index is 3.33. The Kier molecular flexibility index (Phi) is 6.48. The third-order valence-electron chi connectivity index (χ3n) is 4.52. The van der Waals surface area contributed by atoms with Crippen LogP contribution in [0.5, 0.6) is 0 Å². The van der Waals surface area contributed by atoms with Crippen LogP contribution in [0.15, 0.2) is 48.5 Å². The Bertz CT molecular complexity index is 555. The molecule has 0 atom stereocenters. The minimum absolute atomic E-state index is 0. The lowest BCUT2D eigenvalue weighted by Crippen LogP contribution is -2.39. The summed E-state index contributed by atoms with van der Waals surface area (Å²) < 4.78 is 0. The van der Waals surface area contributed by atoms with E-state index in [9.17, 15) is 0 Å². The molecule has 1 saturated heterocycles. The largest absolute Gasteiger partial charge is 0.315 e. The number of hydrogen-bond acceptors (Lipinski definition) is 1. The van der Waals surface area contributed by atoms with Crippen molar-refractivity contribution < 1.29 is 0 Å². The first-order valence-corrected chi connectivity index (χ1v) is 8.27. The lowest BCUT2D eigenvalue weighted by atomic mass is 9.92. The van der Waals surface area contributed by atoms with Gasteiger partial charge < -0.3 is 5.32 Å². The van der Waals surface area contributed by atoms with Crippen LogP contribution in [-0.4, -0.2) is 13.1 Å². The van der Waals surface area contributed by atoms with Crippen molar-refractivity contribution in [1.82, 2.24) is 5.32 Å². The molecular formula is C20H26ClN. The monoisotopic (exact) mass is 315 g/mol. The van der Waals surface area contributed by atoms with Gasteiger partial charge in [0.05, 0.1) is 0 Å². The highest BCUT2D eigenvalue weighted by molar-refractivity contribution is 5.85. The summed E-state index contributed by atoms with van der Waals surface area (Å²) in [4.78, 5) is 0. The van der Waals surface area contributed by atoms with Crippen LogP contribution in [0.4, 0.5) is 0 Å². The van der Waals surface area contributed by atoms with Crippen LogP contribution in [0.3, 0.4) is 0 Å². The molecule has 0 radical (unpaired) electrons. The SMILES string of the molecule is CCCCCc1ccc(-c2ccc(C3CNC3)cc2)cc1.Cl. The van der Waals surface area contributed by atoms with Crippen molar-refractivity contribution in [2.45, 2.75) is 38.5 Å². The summed E-state index contributed by atoms with van der Waals surface area (Å²) in [5.74, 6) is 0.722. The number of hydrogen-bond donors (Lipinski definition) is 1. The van der Waals surface area contributed by atoms with Crippen molar-refractivity contribution in [2.75, 3.05) is 13.1 Å². The van der Waals surface area contributed by atoms with E-state index in [1.807, 2.05) is 0 Å². The first-order valence-electron chi connectivity index (χ1n) is 8.27. The van der Waals surface area contributed by atoms with E-state index in [2.05, 4.69) is 60.8 Å². The van der Waals surface area contributed by atoms with Crippen molar-refractivity contribution in [3.8, 4) is 11.1 Å². The van der Waals surface area contributed by atoms with Crippen molar-refractivity contribution in [1.29, 1.82) is 0 Å². The normalized spacial score (nSPS) is 14.2. The fourth-order valence-electron chi connectivity index (χ4n) is 2.92. The topological polar surface area (TPSA) is 12.0 Å². The van der Waals surface area contributed by atoms with E-state index in [-0.39, 0.29) is 12.4 Å². The molecule has 22 heavy (non-hydrogen) atoms. The zero-order chi connectivity index (χ0) is 14.5. The standard InChI is InChI=1S/C20H25N.ClH/c1-2-3-4-5-16-6-8-17(9-7-16)18-10-12-19(13-11-18)20-14-21-15-20;/h6-13,20-21H,2-5,14-15H2,1H3;1H. The molecule has 0 unspecified atom stereocenters. The van der Waals surface area contributed by atoms with E-state index in [0.29, 0.717) is 0 Å². The van der Waals surface area contributed by atoms with Gasteiger partial charge in [0.1, 0.15) is 0 Å². The minimum Gasteiger partial charge on any atom is -0.315 e. The zero-order valence-corrected chi connectivity index (χ0v) is 14.2. The van der Waals surface area contributed by atoms with Crippen LogP contribution in [0.1, 0.15) is 43.2 Å². The third kappa shape index (κ3) is 4.12. The van der Waals surface area contributed by atoms with Crippen LogP contribution < -0.4 is 5.32 Å². The molecule has 118 valence electrons. The van der Waals surface area contributed by atoms with Crippen LogP contribution in [0, 0.1) is 0 Å². The molecule has 1 nitrogen and oxygen atoms in total. The molecule has 1 fully saturated rings. The molecule has 1 aliphatic rings. The Hall–Kier alpha value is -1.31. The molecule has 1 N–H and O–H groups in total. The highest BCUT2D eigenvalue weighted by Gasteiger charge is 2.18. The van der Waals surface area contributed by atoms with Gasteiger partial charge in [0, 0.05) is 19.0 Å². The average Bonchev–Trinajstić information content (AvgIpc) is 2.47. The predicted octanol–water partition coefficient (Wildman–Crippen LogP) is 5.19. The molecule has 1 heterocycles. The average molecular weight is 316 g/mol. The highest BCUT2D eigenvalue weighted by atomic mass is 35.5. The van der Waals surface area contributed by atoms with Gasteiger partial charge in [-0.2, -0.15) is 0 Å². The van der Waals surface area contributed by atoms with E-state index >= 15 is 0 Å². The molecule has 0 bridgehead atoms. The molecule has 0 amide bonds. The van der Waals surface area contributed by atoms with Gasteiger partial charge in [-0.3, -0.25) is 0 Å². The van der Waals surface area contributed by atoms with Gasteiger partial charge in [0.2, 0.25) is 0 Å². The first kappa shape index (κ1) is 17.1. The van der Waals surface area contributed by atoms with E-state index in [1.165, 1.54) is 47.9 Å². The van der Waals surface area contributed by atoms with E-state index in [1.54, 1.807) is 0 Å². The van der Waals surface area contributed by atoms with Crippen LogP contribution >= 0.6 is 12.4 Å². The maximum Gasteiger partial charge on any atom is 0.00885 e. The Balaban J connectivity index is 0.00000176. The van der Waals surface area contributed by atoms with E-state index in [0.717, 1.165) is 19.0 Å². The fourth-order valence-corrected chi connectivity index (χ4v) is 2.92. The van der Waals surface area contributed by atoms with Crippen LogP contribution in [-0.2, 0) is 6.42 Å². The van der Waals surface area contributed by atoms with Gasteiger partial charge in [-0.25, -0.2) is 0 Å². The molecular weight excluding hydrogens is 290 g/mol. The number of unbranched alkanes of at least 4 members (excludes halogenated alkanes) is 2. The summed E-state index contributed by atoms with van der Waals surface area (Å²) >= 11 is 0. The summed E-state index contributed by atoms with van der Waals surface area (Å²) in [6.45, 7) is 4.52. The Morgan fingerprint density at radius 2 is 1.45 bits per heavy atom. The predicted molar refractivity (Wildman–Crippen MR) is 98.0 cm³/mol. The van der Waals surface area contributed by atoms with Gasteiger partial charge in [0.25, 0.3) is 0 Å². The first-order chi connectivity index (χ1) is 10.4. The molecule has 2 aromatic carbocycles. The molecule has 1 aliphatic heterocycles. The van der Waals surface area contributed by atoms with Crippen LogP contribution in [0.25, 0.3) is 11.1 Å². The van der Waals surface area contributed by atoms with Crippen LogP contribution in [0.2, 0.25) is 0 Å². The number of benzene rings is 2. The summed E-state index contributed by atoms with van der Waals surface area (Å²) in [5, 5.41) is 3.33. The Morgan fingerprint density at radius 1 is 0.864 bits per heavy atom. The molecule has 2 heteroatoms. The quantitative estimate of drug-likeness (QED) is 0.723.